The minimum atomic E-state index is -0.124. The van der Waals surface area contributed by atoms with Crippen LogP contribution in [0, 0.1) is 0 Å². The summed E-state index contributed by atoms with van der Waals surface area (Å²) in [6.07, 6.45) is 3.08. The topological polar surface area (TPSA) is 83.3 Å². The van der Waals surface area contributed by atoms with Gasteiger partial charge >= 0.3 is 0 Å². The summed E-state index contributed by atoms with van der Waals surface area (Å²) in [6, 6.07) is 14.0. The standard InChI is InChI=1S/C17H12N4O2/c22-12-5-3-4-11(8-12)9-19-21-10-18-15-16(23)13-6-1-2-7-14(13)20-17(15)21/h1-10,22H,(H,20,23). The maximum absolute atomic E-state index is 12.4. The monoisotopic (exact) mass is 304 g/mol. The zero-order valence-electron chi connectivity index (χ0n) is 12.0. The van der Waals surface area contributed by atoms with Crippen molar-refractivity contribution in [3.05, 3.63) is 70.6 Å². The lowest BCUT2D eigenvalue weighted by Gasteiger charge is -2.00. The van der Waals surface area contributed by atoms with Gasteiger partial charge in [-0.25, -0.2) is 9.66 Å². The molecule has 2 aromatic heterocycles. The molecule has 2 N–H and O–H groups in total. The molecule has 0 aliphatic rings. The third-order valence-electron chi connectivity index (χ3n) is 3.59. The summed E-state index contributed by atoms with van der Waals surface area (Å²) >= 11 is 0. The normalized spacial score (nSPS) is 11.7. The van der Waals surface area contributed by atoms with Gasteiger partial charge in [-0.15, -0.1) is 0 Å². The number of nitrogens with one attached hydrogen (secondary N) is 1. The van der Waals surface area contributed by atoms with E-state index in [0.29, 0.717) is 16.6 Å². The van der Waals surface area contributed by atoms with Crippen LogP contribution in [0.4, 0.5) is 0 Å². The van der Waals surface area contributed by atoms with E-state index in [-0.39, 0.29) is 11.2 Å². The van der Waals surface area contributed by atoms with Crippen molar-refractivity contribution >= 4 is 28.3 Å². The Bertz CT molecular complexity index is 1110. The molecular formula is C17H12N4O2. The third-order valence-corrected chi connectivity index (χ3v) is 3.59. The minimum Gasteiger partial charge on any atom is -0.508 e. The number of hydrogen-bond acceptors (Lipinski definition) is 4. The summed E-state index contributed by atoms with van der Waals surface area (Å²) in [7, 11) is 0. The molecule has 0 saturated heterocycles. The highest BCUT2D eigenvalue weighted by Gasteiger charge is 2.09. The highest BCUT2D eigenvalue weighted by Crippen LogP contribution is 2.14. The van der Waals surface area contributed by atoms with Crippen molar-refractivity contribution in [2.75, 3.05) is 0 Å². The Morgan fingerprint density at radius 1 is 1.17 bits per heavy atom. The van der Waals surface area contributed by atoms with Crippen LogP contribution in [0.5, 0.6) is 5.75 Å². The first kappa shape index (κ1) is 13.3. The molecule has 4 rings (SSSR count). The first-order valence-electron chi connectivity index (χ1n) is 7.04. The Morgan fingerprint density at radius 3 is 2.91 bits per heavy atom. The fourth-order valence-electron chi connectivity index (χ4n) is 2.49. The number of aromatic hydroxyl groups is 1. The predicted molar refractivity (Wildman–Crippen MR) is 89.0 cm³/mol. The van der Waals surface area contributed by atoms with E-state index in [9.17, 15) is 9.90 Å². The zero-order valence-corrected chi connectivity index (χ0v) is 12.0. The number of nitrogens with zero attached hydrogens (tertiary/aromatic N) is 3. The summed E-state index contributed by atoms with van der Waals surface area (Å²) in [4.78, 5) is 19.8. The van der Waals surface area contributed by atoms with Crippen molar-refractivity contribution in [2.24, 2.45) is 5.10 Å². The average molecular weight is 304 g/mol. The van der Waals surface area contributed by atoms with Crippen LogP contribution in [0.15, 0.2) is 64.8 Å². The summed E-state index contributed by atoms with van der Waals surface area (Å²) in [5.74, 6) is 0.170. The van der Waals surface area contributed by atoms with E-state index in [4.69, 9.17) is 0 Å². The lowest BCUT2D eigenvalue weighted by Crippen LogP contribution is -2.04. The van der Waals surface area contributed by atoms with Crippen LogP contribution in [0.1, 0.15) is 5.56 Å². The number of aromatic nitrogens is 3. The first-order valence-corrected chi connectivity index (χ1v) is 7.04. The molecule has 4 aromatic rings. The molecule has 0 saturated carbocycles. The molecule has 0 bridgehead atoms. The van der Waals surface area contributed by atoms with Gasteiger partial charge in [0.2, 0.25) is 5.43 Å². The molecule has 0 atom stereocenters. The molecule has 0 amide bonds. The Hall–Kier alpha value is -3.41. The van der Waals surface area contributed by atoms with Gasteiger partial charge in [0.05, 0.1) is 11.7 Å². The number of pyridine rings is 1. The molecule has 6 heteroatoms. The van der Waals surface area contributed by atoms with Crippen LogP contribution in [-0.2, 0) is 0 Å². The molecule has 2 aromatic carbocycles. The Kier molecular flexibility index (Phi) is 2.94. The largest absolute Gasteiger partial charge is 0.508 e. The van der Waals surface area contributed by atoms with Crippen molar-refractivity contribution in [1.82, 2.24) is 14.6 Å². The van der Waals surface area contributed by atoms with Gasteiger partial charge in [0.25, 0.3) is 0 Å². The fourth-order valence-corrected chi connectivity index (χ4v) is 2.49. The number of fused-ring (bicyclic) bond motifs is 2. The van der Waals surface area contributed by atoms with Crippen LogP contribution in [0.25, 0.3) is 22.1 Å². The van der Waals surface area contributed by atoms with Gasteiger partial charge in [-0.3, -0.25) is 4.79 Å². The van der Waals surface area contributed by atoms with Gasteiger partial charge < -0.3 is 10.1 Å². The number of phenolic OH excluding ortho intramolecular Hbond substituents is 1. The molecule has 0 radical (unpaired) electrons. The lowest BCUT2D eigenvalue weighted by molar-refractivity contribution is 0.475. The number of para-hydroxylation sites is 1. The second-order valence-corrected chi connectivity index (χ2v) is 5.13. The molecule has 112 valence electrons. The van der Waals surface area contributed by atoms with E-state index in [1.807, 2.05) is 24.3 Å². The fraction of sp³-hybridized carbons (Fsp3) is 0. The molecule has 0 aliphatic carbocycles. The Balaban J connectivity index is 1.87. The molecule has 0 aliphatic heterocycles. The first-order chi connectivity index (χ1) is 11.2. The maximum atomic E-state index is 12.4. The van der Waals surface area contributed by atoms with Crippen molar-refractivity contribution in [1.29, 1.82) is 0 Å². The molecule has 0 fully saturated rings. The number of aromatic amines is 1. The van der Waals surface area contributed by atoms with E-state index in [1.165, 1.54) is 11.0 Å². The van der Waals surface area contributed by atoms with Crippen LogP contribution in [0.2, 0.25) is 0 Å². The molecule has 0 unspecified atom stereocenters. The van der Waals surface area contributed by atoms with Gasteiger partial charge in [0.1, 0.15) is 12.1 Å². The zero-order chi connectivity index (χ0) is 15.8. The quantitative estimate of drug-likeness (QED) is 0.558. The van der Waals surface area contributed by atoms with Gasteiger partial charge in [-0.2, -0.15) is 5.10 Å². The SMILES string of the molecule is O=c1c2ccccc2[nH]c2c1ncn2N=Cc1cccc(O)c1. The summed E-state index contributed by atoms with van der Waals surface area (Å²) in [5, 5.41) is 14.4. The van der Waals surface area contributed by atoms with Crippen LogP contribution < -0.4 is 5.43 Å². The highest BCUT2D eigenvalue weighted by molar-refractivity contribution is 5.89. The van der Waals surface area contributed by atoms with Crippen molar-refractivity contribution in [3.63, 3.8) is 0 Å². The van der Waals surface area contributed by atoms with Crippen LogP contribution in [0.3, 0.4) is 0 Å². The minimum absolute atomic E-state index is 0.124. The smallest absolute Gasteiger partial charge is 0.217 e. The molecular weight excluding hydrogens is 292 g/mol. The van der Waals surface area contributed by atoms with E-state index in [1.54, 1.807) is 30.5 Å². The molecule has 2 heterocycles. The number of rotatable bonds is 2. The predicted octanol–water partition coefficient (Wildman–Crippen LogP) is 2.47. The van der Waals surface area contributed by atoms with E-state index in [2.05, 4.69) is 15.1 Å². The maximum Gasteiger partial charge on any atom is 0.217 e. The van der Waals surface area contributed by atoms with Crippen molar-refractivity contribution < 1.29 is 5.11 Å². The number of H-pyrrole nitrogens is 1. The number of imidazole rings is 1. The lowest BCUT2D eigenvalue weighted by atomic mass is 10.2. The van der Waals surface area contributed by atoms with Crippen molar-refractivity contribution in [3.8, 4) is 5.75 Å². The molecule has 6 nitrogen and oxygen atoms in total. The van der Waals surface area contributed by atoms with E-state index < -0.39 is 0 Å². The second kappa shape index (κ2) is 5.10. The highest BCUT2D eigenvalue weighted by atomic mass is 16.3. The van der Waals surface area contributed by atoms with Gasteiger partial charge in [-0.05, 0) is 29.8 Å². The summed E-state index contributed by atoms with van der Waals surface area (Å²) in [5.41, 5.74) is 2.23. The Labute approximate surface area is 130 Å². The van der Waals surface area contributed by atoms with Crippen LogP contribution >= 0.6 is 0 Å². The summed E-state index contributed by atoms with van der Waals surface area (Å²) < 4.78 is 1.51. The third kappa shape index (κ3) is 2.26. The Morgan fingerprint density at radius 2 is 2.04 bits per heavy atom. The van der Waals surface area contributed by atoms with Crippen molar-refractivity contribution in [2.45, 2.75) is 0 Å². The van der Waals surface area contributed by atoms with Gasteiger partial charge in [0.15, 0.2) is 11.2 Å². The average Bonchev–Trinajstić information content (AvgIpc) is 2.97. The van der Waals surface area contributed by atoms with E-state index >= 15 is 0 Å². The number of hydrogen-bond donors (Lipinski definition) is 2. The van der Waals surface area contributed by atoms with Gasteiger partial charge in [0, 0.05) is 5.39 Å². The van der Waals surface area contributed by atoms with Gasteiger partial charge in [-0.1, -0.05) is 24.3 Å². The summed E-state index contributed by atoms with van der Waals surface area (Å²) in [6.45, 7) is 0. The number of benzene rings is 2. The number of phenols is 1. The molecule has 23 heavy (non-hydrogen) atoms. The van der Waals surface area contributed by atoms with E-state index in [0.717, 1.165) is 11.1 Å². The second-order valence-electron chi connectivity index (χ2n) is 5.13. The molecule has 0 spiro atoms. The van der Waals surface area contributed by atoms with Crippen LogP contribution in [-0.4, -0.2) is 26.0 Å².